The maximum Gasteiger partial charge on any atom is 0.251 e. The SMILES string of the molecule is CCNC(=NCc1ccc(C(=O)NC)cc1)N(C)Cc1ccccc1Br.I. The summed E-state index contributed by atoms with van der Waals surface area (Å²) in [5, 5.41) is 5.95. The molecule has 0 fully saturated rings. The van der Waals surface area contributed by atoms with E-state index in [0.717, 1.165) is 29.1 Å². The molecule has 1 amide bonds. The number of aliphatic imine (C=N–C) groups is 1. The minimum absolute atomic E-state index is 0. The second kappa shape index (κ2) is 12.0. The van der Waals surface area contributed by atoms with Gasteiger partial charge in [0, 0.05) is 37.2 Å². The molecule has 0 aliphatic carbocycles. The average Bonchev–Trinajstić information content (AvgIpc) is 2.66. The summed E-state index contributed by atoms with van der Waals surface area (Å²) in [5.41, 5.74) is 2.91. The van der Waals surface area contributed by atoms with Gasteiger partial charge in [-0.05, 0) is 36.2 Å². The summed E-state index contributed by atoms with van der Waals surface area (Å²) in [7, 11) is 3.65. The van der Waals surface area contributed by atoms with Crippen molar-refractivity contribution >= 4 is 51.8 Å². The molecule has 5 nitrogen and oxygen atoms in total. The maximum absolute atomic E-state index is 11.6. The molecule has 2 aromatic rings. The highest BCUT2D eigenvalue weighted by Crippen LogP contribution is 2.17. The third kappa shape index (κ3) is 7.14. The Morgan fingerprint density at radius 3 is 2.41 bits per heavy atom. The smallest absolute Gasteiger partial charge is 0.251 e. The van der Waals surface area contributed by atoms with E-state index in [9.17, 15) is 4.79 Å². The van der Waals surface area contributed by atoms with Crippen molar-refractivity contribution in [2.24, 2.45) is 4.99 Å². The molecule has 0 spiro atoms. The molecule has 2 rings (SSSR count). The van der Waals surface area contributed by atoms with Gasteiger partial charge in [-0.2, -0.15) is 0 Å². The first-order valence-corrected chi connectivity index (χ1v) is 9.38. The maximum atomic E-state index is 11.6. The Morgan fingerprint density at radius 1 is 1.15 bits per heavy atom. The Balaban J connectivity index is 0.00000364. The zero-order valence-corrected chi connectivity index (χ0v) is 19.7. The molecule has 0 aromatic heterocycles. The van der Waals surface area contributed by atoms with Gasteiger partial charge in [-0.3, -0.25) is 4.79 Å². The van der Waals surface area contributed by atoms with Crippen LogP contribution in [0, 0.1) is 0 Å². The Morgan fingerprint density at radius 2 is 1.81 bits per heavy atom. The summed E-state index contributed by atoms with van der Waals surface area (Å²) in [6, 6.07) is 15.7. The van der Waals surface area contributed by atoms with Crippen LogP contribution in [0.5, 0.6) is 0 Å². The lowest BCUT2D eigenvalue weighted by atomic mass is 10.1. The molecule has 0 bridgehead atoms. The lowest BCUT2D eigenvalue weighted by Crippen LogP contribution is -2.38. The fourth-order valence-corrected chi connectivity index (χ4v) is 2.91. The van der Waals surface area contributed by atoms with Crippen LogP contribution in [0.2, 0.25) is 0 Å². The number of hydrogen-bond acceptors (Lipinski definition) is 2. The molecule has 0 unspecified atom stereocenters. The molecule has 27 heavy (non-hydrogen) atoms. The largest absolute Gasteiger partial charge is 0.357 e. The van der Waals surface area contributed by atoms with Crippen molar-refractivity contribution in [1.29, 1.82) is 0 Å². The third-order valence-electron chi connectivity index (χ3n) is 3.92. The van der Waals surface area contributed by atoms with Crippen molar-refractivity contribution in [2.45, 2.75) is 20.0 Å². The number of carbonyl (C=O) groups is 1. The van der Waals surface area contributed by atoms with Crippen LogP contribution in [0.25, 0.3) is 0 Å². The predicted octanol–water partition coefficient (Wildman–Crippen LogP) is 4.02. The van der Waals surface area contributed by atoms with Crippen molar-refractivity contribution in [3.8, 4) is 0 Å². The molecule has 0 heterocycles. The second-order valence-electron chi connectivity index (χ2n) is 5.89. The van der Waals surface area contributed by atoms with Gasteiger partial charge in [0.15, 0.2) is 5.96 Å². The lowest BCUT2D eigenvalue weighted by molar-refractivity contribution is 0.0963. The summed E-state index contributed by atoms with van der Waals surface area (Å²) in [5.74, 6) is 0.764. The lowest BCUT2D eigenvalue weighted by Gasteiger charge is -2.22. The van der Waals surface area contributed by atoms with E-state index < -0.39 is 0 Å². The molecule has 2 aromatic carbocycles. The number of benzene rings is 2. The summed E-state index contributed by atoms with van der Waals surface area (Å²) in [6.45, 7) is 4.16. The third-order valence-corrected chi connectivity index (χ3v) is 4.69. The van der Waals surface area contributed by atoms with E-state index in [0.29, 0.717) is 12.1 Å². The number of carbonyl (C=O) groups excluding carboxylic acids is 1. The normalized spacial score (nSPS) is 10.7. The molecule has 0 saturated heterocycles. The van der Waals surface area contributed by atoms with E-state index in [1.807, 2.05) is 49.5 Å². The number of halogens is 2. The minimum Gasteiger partial charge on any atom is -0.357 e. The fourth-order valence-electron chi connectivity index (χ4n) is 2.50. The topological polar surface area (TPSA) is 56.7 Å². The van der Waals surface area contributed by atoms with Crippen LogP contribution in [0.3, 0.4) is 0 Å². The number of hydrogen-bond donors (Lipinski definition) is 2. The van der Waals surface area contributed by atoms with Crippen molar-refractivity contribution in [3.63, 3.8) is 0 Å². The zero-order valence-electron chi connectivity index (χ0n) is 15.8. The number of rotatable bonds is 6. The van der Waals surface area contributed by atoms with Crippen molar-refractivity contribution < 1.29 is 4.79 Å². The highest BCUT2D eigenvalue weighted by atomic mass is 127. The summed E-state index contributed by atoms with van der Waals surface area (Å²) < 4.78 is 1.09. The molecule has 0 aliphatic rings. The number of guanidine groups is 1. The standard InChI is InChI=1S/C20H25BrN4O.HI/c1-4-23-20(25(3)14-17-7-5-6-8-18(17)21)24-13-15-9-11-16(12-10-15)19(26)22-2;/h5-12H,4,13-14H2,1-3H3,(H,22,26)(H,23,24);1H. The van der Waals surface area contributed by atoms with Crippen molar-refractivity contribution in [1.82, 2.24) is 15.5 Å². The van der Waals surface area contributed by atoms with Gasteiger partial charge < -0.3 is 15.5 Å². The van der Waals surface area contributed by atoms with Gasteiger partial charge in [0.1, 0.15) is 0 Å². The molecule has 146 valence electrons. The highest BCUT2D eigenvalue weighted by molar-refractivity contribution is 14.0. The highest BCUT2D eigenvalue weighted by Gasteiger charge is 2.09. The monoisotopic (exact) mass is 544 g/mol. The van der Waals surface area contributed by atoms with Crippen LogP contribution in [-0.2, 0) is 13.1 Å². The molecule has 0 aliphatic heterocycles. The molecule has 0 atom stereocenters. The van der Waals surface area contributed by atoms with E-state index in [1.54, 1.807) is 7.05 Å². The molecular formula is C20H26BrIN4O. The quantitative estimate of drug-likeness (QED) is 0.328. The summed E-state index contributed by atoms with van der Waals surface area (Å²) in [6.07, 6.45) is 0. The number of amides is 1. The van der Waals surface area contributed by atoms with Crippen LogP contribution in [-0.4, -0.2) is 37.4 Å². The van der Waals surface area contributed by atoms with E-state index in [1.165, 1.54) is 5.56 Å². The van der Waals surface area contributed by atoms with Gasteiger partial charge in [-0.25, -0.2) is 4.99 Å². The van der Waals surface area contributed by atoms with Gasteiger partial charge in [-0.1, -0.05) is 46.3 Å². The number of nitrogens with zero attached hydrogens (tertiary/aromatic N) is 2. The van der Waals surface area contributed by atoms with Gasteiger partial charge in [0.2, 0.25) is 0 Å². The van der Waals surface area contributed by atoms with E-state index in [2.05, 4.69) is 44.5 Å². The first kappa shape index (κ1) is 23.4. The Bertz CT molecular complexity index is 765. The Hall–Kier alpha value is -1.61. The molecular weight excluding hydrogens is 519 g/mol. The first-order valence-electron chi connectivity index (χ1n) is 8.59. The van der Waals surface area contributed by atoms with Crippen LogP contribution in [0.4, 0.5) is 0 Å². The second-order valence-corrected chi connectivity index (χ2v) is 6.75. The van der Waals surface area contributed by atoms with Gasteiger partial charge in [0.05, 0.1) is 6.54 Å². The summed E-state index contributed by atoms with van der Waals surface area (Å²) >= 11 is 3.59. The Labute approximate surface area is 186 Å². The van der Waals surface area contributed by atoms with Crippen LogP contribution >= 0.6 is 39.9 Å². The molecule has 7 heteroatoms. The van der Waals surface area contributed by atoms with Crippen molar-refractivity contribution in [2.75, 3.05) is 20.6 Å². The average molecular weight is 545 g/mol. The minimum atomic E-state index is -0.0819. The molecule has 0 radical (unpaired) electrons. The van der Waals surface area contributed by atoms with E-state index >= 15 is 0 Å². The van der Waals surface area contributed by atoms with Crippen LogP contribution < -0.4 is 10.6 Å². The van der Waals surface area contributed by atoms with Gasteiger partial charge in [0.25, 0.3) is 5.91 Å². The first-order chi connectivity index (χ1) is 12.5. The summed E-state index contributed by atoms with van der Waals surface area (Å²) in [4.78, 5) is 18.4. The van der Waals surface area contributed by atoms with E-state index in [-0.39, 0.29) is 29.9 Å². The zero-order chi connectivity index (χ0) is 18.9. The van der Waals surface area contributed by atoms with Gasteiger partial charge in [-0.15, -0.1) is 24.0 Å². The number of nitrogens with one attached hydrogen (secondary N) is 2. The predicted molar refractivity (Wildman–Crippen MR) is 126 cm³/mol. The van der Waals surface area contributed by atoms with Crippen LogP contribution in [0.1, 0.15) is 28.4 Å². The molecule has 0 saturated carbocycles. The fraction of sp³-hybridized carbons (Fsp3) is 0.300. The van der Waals surface area contributed by atoms with Crippen LogP contribution in [0.15, 0.2) is 58.0 Å². The van der Waals surface area contributed by atoms with Gasteiger partial charge >= 0.3 is 0 Å². The molecule has 2 N–H and O–H groups in total. The van der Waals surface area contributed by atoms with Crippen molar-refractivity contribution in [3.05, 3.63) is 69.7 Å². The Kier molecular flexibility index (Phi) is 10.4. The van der Waals surface area contributed by atoms with E-state index in [4.69, 9.17) is 4.99 Å².